The minimum absolute atomic E-state index is 0.372. The molecule has 0 heterocycles. The lowest BCUT2D eigenvalue weighted by Gasteiger charge is -2.14. The summed E-state index contributed by atoms with van der Waals surface area (Å²) in [5.41, 5.74) is 2.47. The van der Waals surface area contributed by atoms with Gasteiger partial charge < -0.3 is 14.8 Å². The van der Waals surface area contributed by atoms with Crippen molar-refractivity contribution in [2.75, 3.05) is 27.4 Å². The van der Waals surface area contributed by atoms with E-state index in [1.54, 1.807) is 7.11 Å². The van der Waals surface area contributed by atoms with E-state index in [1.165, 1.54) is 11.1 Å². The molecular weight excluding hydrogens is 214 g/mol. The Hall–Kier alpha value is -1.06. The topological polar surface area (TPSA) is 30.5 Å². The molecular formula is C14H23NO2. The van der Waals surface area contributed by atoms with E-state index in [-0.39, 0.29) is 0 Å². The second-order valence-electron chi connectivity index (χ2n) is 4.23. The minimum Gasteiger partial charge on any atom is -0.493 e. The zero-order valence-electron chi connectivity index (χ0n) is 11.2. The maximum Gasteiger partial charge on any atom is 0.122 e. The van der Waals surface area contributed by atoms with Crippen molar-refractivity contribution in [1.29, 1.82) is 0 Å². The van der Waals surface area contributed by atoms with E-state index in [0.717, 1.165) is 18.8 Å². The van der Waals surface area contributed by atoms with E-state index in [9.17, 15) is 0 Å². The Kier molecular flexibility index (Phi) is 6.01. The van der Waals surface area contributed by atoms with Crippen molar-refractivity contribution in [1.82, 2.24) is 5.32 Å². The number of nitrogens with one attached hydrogen (secondary N) is 1. The minimum atomic E-state index is 0.372. The van der Waals surface area contributed by atoms with Crippen LogP contribution in [0.1, 0.15) is 30.5 Å². The Labute approximate surface area is 104 Å². The van der Waals surface area contributed by atoms with Gasteiger partial charge in [-0.2, -0.15) is 0 Å². The molecule has 17 heavy (non-hydrogen) atoms. The number of hydrogen-bond acceptors (Lipinski definition) is 3. The summed E-state index contributed by atoms with van der Waals surface area (Å²) in [6.45, 7) is 5.68. The summed E-state index contributed by atoms with van der Waals surface area (Å²) >= 11 is 0. The third kappa shape index (κ3) is 4.36. The molecule has 1 atom stereocenters. The lowest BCUT2D eigenvalue weighted by atomic mass is 10.1. The first kappa shape index (κ1) is 14.0. The van der Waals surface area contributed by atoms with E-state index in [0.29, 0.717) is 12.6 Å². The normalized spacial score (nSPS) is 12.5. The van der Waals surface area contributed by atoms with Crippen LogP contribution in [0.3, 0.4) is 0 Å². The molecule has 0 radical (unpaired) electrons. The maximum atomic E-state index is 5.71. The van der Waals surface area contributed by atoms with Gasteiger partial charge in [0.05, 0.1) is 6.61 Å². The molecule has 3 nitrogen and oxygen atoms in total. The highest BCUT2D eigenvalue weighted by atomic mass is 16.5. The van der Waals surface area contributed by atoms with E-state index in [4.69, 9.17) is 9.47 Å². The molecule has 0 aliphatic heterocycles. The van der Waals surface area contributed by atoms with Crippen LogP contribution in [0.4, 0.5) is 0 Å². The molecule has 0 bridgehead atoms. The first-order chi connectivity index (χ1) is 8.19. The zero-order valence-corrected chi connectivity index (χ0v) is 11.2. The Morgan fingerprint density at radius 1 is 1.29 bits per heavy atom. The van der Waals surface area contributed by atoms with Crippen molar-refractivity contribution in [3.63, 3.8) is 0 Å². The molecule has 1 unspecified atom stereocenters. The van der Waals surface area contributed by atoms with Crippen molar-refractivity contribution in [2.45, 2.75) is 26.3 Å². The maximum absolute atomic E-state index is 5.71. The predicted octanol–water partition coefficient (Wildman–Crippen LogP) is 2.69. The highest BCUT2D eigenvalue weighted by Gasteiger charge is 2.05. The molecule has 1 aromatic carbocycles. The van der Waals surface area contributed by atoms with Crippen molar-refractivity contribution in [2.24, 2.45) is 0 Å². The van der Waals surface area contributed by atoms with Gasteiger partial charge in [-0.05, 0) is 38.1 Å². The van der Waals surface area contributed by atoms with Crippen molar-refractivity contribution in [3.8, 4) is 5.75 Å². The van der Waals surface area contributed by atoms with Crippen molar-refractivity contribution < 1.29 is 9.47 Å². The smallest absolute Gasteiger partial charge is 0.122 e. The standard InChI is InChI=1S/C14H23NO2/c1-11-10-13(12(2)15-3)6-7-14(11)17-9-5-8-16-4/h6-7,10,12,15H,5,8-9H2,1-4H3. The molecule has 0 spiro atoms. The molecule has 1 N–H and O–H groups in total. The van der Waals surface area contributed by atoms with Gasteiger partial charge in [-0.3, -0.25) is 0 Å². The fraction of sp³-hybridized carbons (Fsp3) is 0.571. The van der Waals surface area contributed by atoms with Gasteiger partial charge in [-0.25, -0.2) is 0 Å². The number of hydrogen-bond donors (Lipinski definition) is 1. The van der Waals surface area contributed by atoms with Crippen LogP contribution in [0.2, 0.25) is 0 Å². The van der Waals surface area contributed by atoms with E-state index in [1.807, 2.05) is 13.1 Å². The van der Waals surface area contributed by atoms with Gasteiger partial charge in [0.2, 0.25) is 0 Å². The quantitative estimate of drug-likeness (QED) is 0.740. The monoisotopic (exact) mass is 237 g/mol. The van der Waals surface area contributed by atoms with Crippen LogP contribution in [0.15, 0.2) is 18.2 Å². The number of ether oxygens (including phenoxy) is 2. The number of methoxy groups -OCH3 is 1. The van der Waals surface area contributed by atoms with Crippen LogP contribution in [0.5, 0.6) is 5.75 Å². The van der Waals surface area contributed by atoms with E-state index in [2.05, 4.69) is 31.3 Å². The number of rotatable bonds is 7. The summed E-state index contributed by atoms with van der Waals surface area (Å²) in [5, 5.41) is 3.23. The molecule has 0 fully saturated rings. The van der Waals surface area contributed by atoms with Gasteiger partial charge >= 0.3 is 0 Å². The van der Waals surface area contributed by atoms with Crippen LogP contribution < -0.4 is 10.1 Å². The van der Waals surface area contributed by atoms with Crippen molar-refractivity contribution in [3.05, 3.63) is 29.3 Å². The zero-order chi connectivity index (χ0) is 12.7. The van der Waals surface area contributed by atoms with Crippen LogP contribution in [0, 0.1) is 6.92 Å². The summed E-state index contributed by atoms with van der Waals surface area (Å²) in [7, 11) is 3.67. The van der Waals surface area contributed by atoms with Gasteiger partial charge in [-0.15, -0.1) is 0 Å². The second kappa shape index (κ2) is 7.30. The fourth-order valence-corrected chi connectivity index (χ4v) is 1.66. The van der Waals surface area contributed by atoms with Gasteiger partial charge in [0, 0.05) is 26.2 Å². The molecule has 0 aliphatic carbocycles. The number of benzene rings is 1. The summed E-state index contributed by atoms with van der Waals surface area (Å²) in [6, 6.07) is 6.70. The summed E-state index contributed by atoms with van der Waals surface area (Å²) in [5.74, 6) is 0.966. The van der Waals surface area contributed by atoms with Gasteiger partial charge in [-0.1, -0.05) is 12.1 Å². The second-order valence-corrected chi connectivity index (χ2v) is 4.23. The van der Waals surface area contributed by atoms with Gasteiger partial charge in [0.15, 0.2) is 0 Å². The summed E-state index contributed by atoms with van der Waals surface area (Å²) in [6.07, 6.45) is 0.921. The summed E-state index contributed by atoms with van der Waals surface area (Å²) in [4.78, 5) is 0. The average molecular weight is 237 g/mol. The lowest BCUT2D eigenvalue weighted by Crippen LogP contribution is -2.12. The third-order valence-electron chi connectivity index (χ3n) is 2.88. The van der Waals surface area contributed by atoms with Gasteiger partial charge in [0.1, 0.15) is 5.75 Å². The van der Waals surface area contributed by atoms with Crippen LogP contribution in [0.25, 0.3) is 0 Å². The Balaban J connectivity index is 2.57. The molecule has 0 amide bonds. The highest BCUT2D eigenvalue weighted by Crippen LogP contribution is 2.22. The van der Waals surface area contributed by atoms with Crippen LogP contribution in [-0.2, 0) is 4.74 Å². The van der Waals surface area contributed by atoms with Crippen LogP contribution >= 0.6 is 0 Å². The van der Waals surface area contributed by atoms with E-state index >= 15 is 0 Å². The lowest BCUT2D eigenvalue weighted by molar-refractivity contribution is 0.172. The molecule has 3 heteroatoms. The summed E-state index contributed by atoms with van der Waals surface area (Å²) < 4.78 is 10.7. The largest absolute Gasteiger partial charge is 0.493 e. The first-order valence-electron chi connectivity index (χ1n) is 6.08. The van der Waals surface area contributed by atoms with Gasteiger partial charge in [0.25, 0.3) is 0 Å². The van der Waals surface area contributed by atoms with E-state index < -0.39 is 0 Å². The molecule has 1 aromatic rings. The molecule has 1 rings (SSSR count). The Bertz CT molecular complexity index is 339. The van der Waals surface area contributed by atoms with Crippen LogP contribution in [-0.4, -0.2) is 27.4 Å². The SMILES string of the molecule is CNC(C)c1ccc(OCCCOC)c(C)c1. The third-order valence-corrected chi connectivity index (χ3v) is 2.88. The Morgan fingerprint density at radius 3 is 2.65 bits per heavy atom. The Morgan fingerprint density at radius 2 is 2.06 bits per heavy atom. The van der Waals surface area contributed by atoms with Crippen molar-refractivity contribution >= 4 is 0 Å². The molecule has 0 saturated carbocycles. The predicted molar refractivity (Wildman–Crippen MR) is 70.6 cm³/mol. The first-order valence-corrected chi connectivity index (χ1v) is 6.08. The molecule has 0 aliphatic rings. The fourth-order valence-electron chi connectivity index (χ4n) is 1.66. The number of aryl methyl sites for hydroxylation is 1. The molecule has 0 saturated heterocycles. The molecule has 96 valence electrons. The average Bonchev–Trinajstić information content (AvgIpc) is 2.35. The molecule has 0 aromatic heterocycles. The highest BCUT2D eigenvalue weighted by molar-refractivity contribution is 5.37.